The first kappa shape index (κ1) is 21.5. The molecule has 0 atom stereocenters. The highest BCUT2D eigenvalue weighted by atomic mass is 16.1. The summed E-state index contributed by atoms with van der Waals surface area (Å²) in [6, 6.07) is 26.9. The topological polar surface area (TPSA) is 37.4 Å². The molecule has 30 heavy (non-hydrogen) atoms. The molecule has 0 radical (unpaired) electrons. The smallest absolute Gasteiger partial charge is 0.163 e. The summed E-state index contributed by atoms with van der Waals surface area (Å²) >= 11 is 0. The first-order valence-electron chi connectivity index (χ1n) is 10.6. The highest BCUT2D eigenvalue weighted by molar-refractivity contribution is 5.99. The van der Waals surface area contributed by atoms with Crippen LogP contribution in [0.15, 0.2) is 84.9 Å². The fourth-order valence-electron chi connectivity index (χ4n) is 3.79. The maximum atomic E-state index is 12.9. The lowest BCUT2D eigenvalue weighted by Gasteiger charge is -2.22. The van der Waals surface area contributed by atoms with Gasteiger partial charge in [-0.25, -0.2) is 0 Å². The van der Waals surface area contributed by atoms with E-state index >= 15 is 0 Å². The normalized spacial score (nSPS) is 10.8. The molecule has 0 unspecified atom stereocenters. The number of rotatable bonds is 10. The van der Waals surface area contributed by atoms with Gasteiger partial charge in [-0.05, 0) is 37.5 Å². The molecular formula is C27H29NO2. The van der Waals surface area contributed by atoms with E-state index in [0.29, 0.717) is 24.0 Å². The number of nitrogens with zero attached hydrogens (tertiary/aromatic N) is 1. The van der Waals surface area contributed by atoms with Crippen LogP contribution in [0, 0.1) is 0 Å². The van der Waals surface area contributed by atoms with Crippen LogP contribution in [0.25, 0.3) is 0 Å². The third-order valence-corrected chi connectivity index (χ3v) is 5.55. The van der Waals surface area contributed by atoms with Crippen LogP contribution in [-0.4, -0.2) is 24.7 Å². The average Bonchev–Trinajstić information content (AvgIpc) is 2.81. The van der Waals surface area contributed by atoms with Crippen LogP contribution >= 0.6 is 0 Å². The van der Waals surface area contributed by atoms with Crippen molar-refractivity contribution in [2.24, 2.45) is 0 Å². The Hall–Kier alpha value is -3.20. The number of ketones is 2. The number of anilines is 1. The lowest BCUT2D eigenvalue weighted by Crippen LogP contribution is -2.21. The van der Waals surface area contributed by atoms with Crippen molar-refractivity contribution in [3.05, 3.63) is 102 Å². The van der Waals surface area contributed by atoms with Gasteiger partial charge in [0.2, 0.25) is 0 Å². The Balaban J connectivity index is 1.85. The highest BCUT2D eigenvalue weighted by Crippen LogP contribution is 2.29. The van der Waals surface area contributed by atoms with E-state index in [9.17, 15) is 9.59 Å². The van der Waals surface area contributed by atoms with Crippen molar-refractivity contribution in [2.75, 3.05) is 18.0 Å². The number of carbonyl (C=O) groups excluding carboxylic acids is 2. The third-order valence-electron chi connectivity index (χ3n) is 5.55. The molecule has 0 amide bonds. The molecule has 154 valence electrons. The maximum absolute atomic E-state index is 12.9. The molecule has 0 N–H and O–H groups in total. The predicted molar refractivity (Wildman–Crippen MR) is 124 cm³/mol. The zero-order valence-corrected chi connectivity index (χ0v) is 17.8. The molecule has 0 bridgehead atoms. The van der Waals surface area contributed by atoms with E-state index < -0.39 is 0 Å². The van der Waals surface area contributed by atoms with Crippen LogP contribution in [0.3, 0.4) is 0 Å². The van der Waals surface area contributed by atoms with Gasteiger partial charge in [0.1, 0.15) is 0 Å². The summed E-state index contributed by atoms with van der Waals surface area (Å²) in [6.07, 6.45) is 0.625. The van der Waals surface area contributed by atoms with Crippen molar-refractivity contribution in [1.29, 1.82) is 0 Å². The summed E-state index contributed by atoms with van der Waals surface area (Å²) in [7, 11) is 0. The first-order valence-corrected chi connectivity index (χ1v) is 10.6. The van der Waals surface area contributed by atoms with Crippen molar-refractivity contribution < 1.29 is 9.59 Å². The monoisotopic (exact) mass is 399 g/mol. The molecule has 0 fully saturated rings. The van der Waals surface area contributed by atoms with Crippen LogP contribution in [0.2, 0.25) is 0 Å². The zero-order chi connectivity index (χ0) is 21.3. The molecule has 3 rings (SSSR count). The summed E-state index contributed by atoms with van der Waals surface area (Å²) in [4.78, 5) is 28.1. The summed E-state index contributed by atoms with van der Waals surface area (Å²) in [5.74, 6) is -0.0280. The van der Waals surface area contributed by atoms with E-state index in [1.807, 2.05) is 60.7 Å². The molecule has 3 aromatic carbocycles. The van der Waals surface area contributed by atoms with Gasteiger partial charge in [-0.3, -0.25) is 9.59 Å². The number of carbonyl (C=O) groups is 2. The fourth-order valence-corrected chi connectivity index (χ4v) is 3.79. The molecule has 0 aliphatic rings. The van der Waals surface area contributed by atoms with Gasteiger partial charge < -0.3 is 4.90 Å². The minimum absolute atomic E-state index is 0.0641. The van der Waals surface area contributed by atoms with Crippen LogP contribution in [0.4, 0.5) is 5.69 Å². The van der Waals surface area contributed by atoms with Gasteiger partial charge in [0, 0.05) is 42.7 Å². The van der Waals surface area contributed by atoms with E-state index in [0.717, 1.165) is 24.3 Å². The van der Waals surface area contributed by atoms with Gasteiger partial charge >= 0.3 is 0 Å². The Kier molecular flexibility index (Phi) is 7.56. The Morgan fingerprint density at radius 2 is 1.10 bits per heavy atom. The molecule has 3 heteroatoms. The first-order chi connectivity index (χ1) is 14.6. The Morgan fingerprint density at radius 1 is 0.667 bits per heavy atom. The minimum Gasteiger partial charge on any atom is -0.372 e. The summed E-state index contributed by atoms with van der Waals surface area (Å²) in [5.41, 5.74) is 3.56. The molecular weight excluding hydrogens is 370 g/mol. The predicted octanol–water partition coefficient (Wildman–Crippen LogP) is 6.16. The Morgan fingerprint density at radius 3 is 1.50 bits per heavy atom. The van der Waals surface area contributed by atoms with Crippen LogP contribution in [0.1, 0.15) is 58.9 Å². The molecule has 0 aliphatic carbocycles. The molecule has 0 saturated heterocycles. The van der Waals surface area contributed by atoms with E-state index in [-0.39, 0.29) is 17.5 Å². The van der Waals surface area contributed by atoms with Gasteiger partial charge in [0.05, 0.1) is 0 Å². The Labute approximate surface area is 179 Å². The highest BCUT2D eigenvalue weighted by Gasteiger charge is 2.21. The second-order valence-electron chi connectivity index (χ2n) is 7.45. The zero-order valence-electron chi connectivity index (χ0n) is 17.8. The van der Waals surface area contributed by atoms with Gasteiger partial charge in [0.25, 0.3) is 0 Å². The van der Waals surface area contributed by atoms with E-state index in [1.165, 1.54) is 0 Å². The number of hydrogen-bond donors (Lipinski definition) is 0. The van der Waals surface area contributed by atoms with E-state index in [2.05, 4.69) is 43.0 Å². The van der Waals surface area contributed by atoms with E-state index in [1.54, 1.807) is 0 Å². The van der Waals surface area contributed by atoms with Crippen molar-refractivity contribution in [3.8, 4) is 0 Å². The van der Waals surface area contributed by atoms with Gasteiger partial charge in [-0.2, -0.15) is 0 Å². The van der Waals surface area contributed by atoms with Gasteiger partial charge in [-0.15, -0.1) is 0 Å². The molecule has 0 aliphatic heterocycles. The van der Waals surface area contributed by atoms with Gasteiger partial charge in [0.15, 0.2) is 11.6 Å². The number of Topliss-reactive ketones (excluding diaryl/α,β-unsaturated/α-hetero) is 2. The quantitative estimate of drug-likeness (QED) is 0.383. The Bertz CT molecular complexity index is 892. The lowest BCUT2D eigenvalue weighted by molar-refractivity contribution is 0.0944. The van der Waals surface area contributed by atoms with Crippen molar-refractivity contribution in [2.45, 2.75) is 32.6 Å². The van der Waals surface area contributed by atoms with Crippen LogP contribution in [0.5, 0.6) is 0 Å². The second kappa shape index (κ2) is 10.5. The molecule has 0 spiro atoms. The summed E-state index contributed by atoms with van der Waals surface area (Å²) in [6.45, 7) is 6.16. The lowest BCUT2D eigenvalue weighted by atomic mass is 9.86. The minimum atomic E-state index is -0.156. The van der Waals surface area contributed by atoms with Gasteiger partial charge in [-0.1, -0.05) is 72.8 Å². The largest absolute Gasteiger partial charge is 0.372 e. The second-order valence-corrected chi connectivity index (χ2v) is 7.45. The summed E-state index contributed by atoms with van der Waals surface area (Å²) < 4.78 is 0. The molecule has 3 nitrogen and oxygen atoms in total. The maximum Gasteiger partial charge on any atom is 0.163 e. The van der Waals surface area contributed by atoms with Crippen molar-refractivity contribution >= 4 is 17.3 Å². The molecule has 0 aromatic heterocycles. The third kappa shape index (κ3) is 5.44. The molecule has 3 aromatic rings. The SMILES string of the molecule is CCN(CC)c1ccc(C(CC(=O)c2ccccc2)CC(=O)c2ccccc2)cc1. The standard InChI is InChI=1S/C27H29NO2/c1-3-28(4-2)25-17-15-21(16-18-25)24(19-26(29)22-11-7-5-8-12-22)20-27(30)23-13-9-6-10-14-23/h5-18,24H,3-4,19-20H2,1-2H3. The van der Waals surface area contributed by atoms with Crippen LogP contribution in [-0.2, 0) is 0 Å². The van der Waals surface area contributed by atoms with Crippen molar-refractivity contribution in [3.63, 3.8) is 0 Å². The molecule has 0 heterocycles. The van der Waals surface area contributed by atoms with E-state index in [4.69, 9.17) is 0 Å². The average molecular weight is 400 g/mol. The number of benzene rings is 3. The molecule has 0 saturated carbocycles. The van der Waals surface area contributed by atoms with Crippen LogP contribution < -0.4 is 4.90 Å². The van der Waals surface area contributed by atoms with Crippen molar-refractivity contribution in [1.82, 2.24) is 0 Å². The fraction of sp³-hybridized carbons (Fsp3) is 0.259. The number of hydrogen-bond acceptors (Lipinski definition) is 3. The summed E-state index contributed by atoms with van der Waals surface area (Å²) in [5, 5.41) is 0.